The lowest BCUT2D eigenvalue weighted by Gasteiger charge is -2.35. The maximum atomic E-state index is 7.38. The van der Waals surface area contributed by atoms with Crippen molar-refractivity contribution >= 4 is 17.3 Å². The predicted molar refractivity (Wildman–Crippen MR) is 143 cm³/mol. The number of anilines is 1. The number of rotatable bonds is 11. The first-order valence-corrected chi connectivity index (χ1v) is 13.9. The van der Waals surface area contributed by atoms with Crippen LogP contribution in [0, 0.1) is 5.92 Å². The van der Waals surface area contributed by atoms with Gasteiger partial charge in [-0.2, -0.15) is 0 Å². The highest BCUT2D eigenvalue weighted by Crippen LogP contribution is 2.29. The molecule has 0 bridgehead atoms. The molecule has 3 aliphatic rings. The molecule has 1 aromatic carbocycles. The number of alkyl halides is 1. The number of fused-ring (bicyclic) bond motifs is 1. The van der Waals surface area contributed by atoms with Crippen molar-refractivity contribution in [3.8, 4) is 0 Å². The van der Waals surface area contributed by atoms with Gasteiger partial charge in [-0.05, 0) is 61.9 Å². The van der Waals surface area contributed by atoms with Gasteiger partial charge in [0.2, 0.25) is 0 Å². The second-order valence-corrected chi connectivity index (χ2v) is 11.7. The molecule has 34 heavy (non-hydrogen) atoms. The minimum absolute atomic E-state index is 0.214. The van der Waals surface area contributed by atoms with Crippen LogP contribution in [0.4, 0.5) is 5.69 Å². The standard InChI is InChI=1S/C27H46ClN5O/c1-4-5-13-33-20-27(28,31-26(33)25-18-34-15-12-30-25)19-32(14-10-21(2)3)17-22-8-9-24-23(16-22)7-6-11-29-24/h8-9,16,21,25-26,29-31H,4-7,10-15,17-20H2,1-3H3. The molecule has 6 nitrogen and oxygen atoms in total. The lowest BCUT2D eigenvalue weighted by molar-refractivity contribution is 0.0404. The van der Waals surface area contributed by atoms with Gasteiger partial charge in [0.1, 0.15) is 5.00 Å². The molecule has 0 aliphatic carbocycles. The number of hydrogen-bond acceptors (Lipinski definition) is 6. The fourth-order valence-electron chi connectivity index (χ4n) is 5.53. The topological polar surface area (TPSA) is 51.8 Å². The number of nitrogens with one attached hydrogen (secondary N) is 3. The van der Waals surface area contributed by atoms with Crippen LogP contribution in [0.1, 0.15) is 57.6 Å². The number of nitrogens with zero attached hydrogens (tertiary/aromatic N) is 2. The maximum absolute atomic E-state index is 7.38. The highest BCUT2D eigenvalue weighted by Gasteiger charge is 2.46. The van der Waals surface area contributed by atoms with Gasteiger partial charge in [0.15, 0.2) is 0 Å². The fourth-order valence-corrected chi connectivity index (χ4v) is 5.97. The normalized spacial score (nSPS) is 27.8. The quantitative estimate of drug-likeness (QED) is 0.323. The Bertz CT molecular complexity index is 771. The molecule has 0 spiro atoms. The smallest absolute Gasteiger partial charge is 0.120 e. The van der Waals surface area contributed by atoms with Crippen molar-refractivity contribution in [2.24, 2.45) is 5.92 Å². The van der Waals surface area contributed by atoms with E-state index in [9.17, 15) is 0 Å². The van der Waals surface area contributed by atoms with E-state index >= 15 is 0 Å². The number of unbranched alkanes of at least 4 members (excludes halogenated alkanes) is 1. The Balaban J connectivity index is 1.46. The zero-order valence-electron chi connectivity index (χ0n) is 21.5. The minimum atomic E-state index is -0.454. The zero-order valence-corrected chi connectivity index (χ0v) is 22.3. The maximum Gasteiger partial charge on any atom is 0.120 e. The zero-order chi connectivity index (χ0) is 24.0. The Morgan fingerprint density at radius 1 is 1.29 bits per heavy atom. The summed E-state index contributed by atoms with van der Waals surface area (Å²) in [7, 11) is 0. The van der Waals surface area contributed by atoms with Crippen LogP contribution in [-0.4, -0.2) is 79.5 Å². The van der Waals surface area contributed by atoms with Crippen molar-refractivity contribution in [3.63, 3.8) is 0 Å². The van der Waals surface area contributed by atoms with Crippen LogP contribution >= 0.6 is 11.6 Å². The third-order valence-electron chi connectivity index (χ3n) is 7.40. The Kier molecular flexibility index (Phi) is 9.53. The van der Waals surface area contributed by atoms with E-state index in [0.717, 1.165) is 59.0 Å². The molecule has 4 rings (SSSR count). The summed E-state index contributed by atoms with van der Waals surface area (Å²) in [5.74, 6) is 0.676. The van der Waals surface area contributed by atoms with Gasteiger partial charge >= 0.3 is 0 Å². The second kappa shape index (κ2) is 12.4. The molecule has 3 unspecified atom stereocenters. The van der Waals surface area contributed by atoms with Crippen molar-refractivity contribution in [1.29, 1.82) is 0 Å². The predicted octanol–water partition coefficient (Wildman–Crippen LogP) is 3.85. The molecule has 0 aromatic heterocycles. The molecule has 0 amide bonds. The summed E-state index contributed by atoms with van der Waals surface area (Å²) in [4.78, 5) is 4.67. The summed E-state index contributed by atoms with van der Waals surface area (Å²) in [6.07, 6.45) is 6.18. The van der Waals surface area contributed by atoms with Gasteiger partial charge in [-0.1, -0.05) is 50.9 Å². The van der Waals surface area contributed by atoms with Gasteiger partial charge in [-0.25, -0.2) is 0 Å². The summed E-state index contributed by atoms with van der Waals surface area (Å²) in [6.45, 7) is 15.2. The van der Waals surface area contributed by atoms with E-state index < -0.39 is 5.00 Å². The number of hydrogen-bond donors (Lipinski definition) is 3. The van der Waals surface area contributed by atoms with E-state index in [4.69, 9.17) is 16.3 Å². The molecular weight excluding hydrogens is 446 g/mol. The number of benzene rings is 1. The molecular formula is C27H46ClN5O. The summed E-state index contributed by atoms with van der Waals surface area (Å²) in [6, 6.07) is 7.25. The first-order valence-electron chi connectivity index (χ1n) is 13.6. The van der Waals surface area contributed by atoms with Crippen LogP contribution in [0.5, 0.6) is 0 Å². The van der Waals surface area contributed by atoms with Gasteiger partial charge in [-0.15, -0.1) is 0 Å². The summed E-state index contributed by atoms with van der Waals surface area (Å²) in [5.41, 5.74) is 4.17. The summed E-state index contributed by atoms with van der Waals surface area (Å²) in [5, 5.41) is 11.0. The van der Waals surface area contributed by atoms with Gasteiger partial charge in [0.25, 0.3) is 0 Å². The number of aryl methyl sites for hydroxylation is 1. The van der Waals surface area contributed by atoms with E-state index in [0.29, 0.717) is 5.92 Å². The van der Waals surface area contributed by atoms with E-state index in [1.807, 2.05) is 0 Å². The molecule has 3 N–H and O–H groups in total. The SMILES string of the molecule is CCCCN1CC(Cl)(CN(CCC(C)C)Cc2ccc3c(c2)CCCN3)NC1C1COCCN1. The third kappa shape index (κ3) is 7.08. The lowest BCUT2D eigenvalue weighted by Crippen LogP contribution is -2.59. The number of morpholine rings is 1. The second-order valence-electron chi connectivity index (χ2n) is 10.9. The van der Waals surface area contributed by atoms with Crippen LogP contribution in [0.25, 0.3) is 0 Å². The van der Waals surface area contributed by atoms with Gasteiger partial charge < -0.3 is 15.4 Å². The molecule has 192 valence electrons. The van der Waals surface area contributed by atoms with Crippen molar-refractivity contribution in [1.82, 2.24) is 20.4 Å². The summed E-state index contributed by atoms with van der Waals surface area (Å²) >= 11 is 7.38. The third-order valence-corrected chi connectivity index (χ3v) is 7.74. The van der Waals surface area contributed by atoms with Crippen LogP contribution in [0.15, 0.2) is 18.2 Å². The minimum Gasteiger partial charge on any atom is -0.385 e. The first kappa shape index (κ1) is 26.2. The average Bonchev–Trinajstić information content (AvgIpc) is 3.17. The number of ether oxygens (including phenoxy) is 1. The molecule has 3 aliphatic heterocycles. The first-order chi connectivity index (χ1) is 16.5. The van der Waals surface area contributed by atoms with E-state index in [1.54, 1.807) is 0 Å². The monoisotopic (exact) mass is 491 g/mol. The van der Waals surface area contributed by atoms with Gasteiger partial charge in [-0.3, -0.25) is 15.1 Å². The van der Waals surface area contributed by atoms with Crippen LogP contribution in [0.2, 0.25) is 0 Å². The van der Waals surface area contributed by atoms with Crippen molar-refractivity contribution in [3.05, 3.63) is 29.3 Å². The average molecular weight is 492 g/mol. The molecule has 0 radical (unpaired) electrons. The van der Waals surface area contributed by atoms with E-state index in [-0.39, 0.29) is 12.2 Å². The molecule has 3 atom stereocenters. The van der Waals surface area contributed by atoms with Crippen LogP contribution < -0.4 is 16.0 Å². The van der Waals surface area contributed by atoms with Crippen LogP contribution in [0.3, 0.4) is 0 Å². The van der Waals surface area contributed by atoms with Crippen LogP contribution in [-0.2, 0) is 17.7 Å². The molecule has 2 saturated heterocycles. The highest BCUT2D eigenvalue weighted by molar-refractivity contribution is 6.24. The Labute approximate surface area is 212 Å². The van der Waals surface area contributed by atoms with Gasteiger partial charge in [0, 0.05) is 38.4 Å². The lowest BCUT2D eigenvalue weighted by atomic mass is 10.0. The number of halogens is 1. The van der Waals surface area contributed by atoms with Crippen molar-refractivity contribution in [2.45, 2.75) is 76.6 Å². The van der Waals surface area contributed by atoms with E-state index in [2.05, 4.69) is 64.7 Å². The fraction of sp³-hybridized carbons (Fsp3) is 0.778. The van der Waals surface area contributed by atoms with Crippen molar-refractivity contribution in [2.75, 3.05) is 57.8 Å². The molecule has 3 heterocycles. The molecule has 0 saturated carbocycles. The largest absolute Gasteiger partial charge is 0.385 e. The highest BCUT2D eigenvalue weighted by atomic mass is 35.5. The summed E-state index contributed by atoms with van der Waals surface area (Å²) < 4.78 is 5.80. The molecule has 1 aromatic rings. The van der Waals surface area contributed by atoms with E-state index in [1.165, 1.54) is 48.9 Å². The van der Waals surface area contributed by atoms with Gasteiger partial charge in [0.05, 0.1) is 25.4 Å². The Hall–Kier alpha value is -0.890. The van der Waals surface area contributed by atoms with Crippen molar-refractivity contribution < 1.29 is 4.74 Å². The Morgan fingerprint density at radius 3 is 2.94 bits per heavy atom. The molecule has 7 heteroatoms. The molecule has 2 fully saturated rings. The Morgan fingerprint density at radius 2 is 2.18 bits per heavy atom.